The van der Waals surface area contributed by atoms with Gasteiger partial charge in [0.15, 0.2) is 0 Å². The molecule has 3 N–H and O–H groups in total. The Kier molecular flexibility index (Phi) is 6.23. The van der Waals surface area contributed by atoms with Crippen molar-refractivity contribution >= 4 is 34.0 Å². The van der Waals surface area contributed by atoms with Gasteiger partial charge in [-0.1, -0.05) is 35.9 Å². The van der Waals surface area contributed by atoms with E-state index in [2.05, 4.69) is 29.6 Å². The van der Waals surface area contributed by atoms with Crippen molar-refractivity contribution in [1.29, 1.82) is 0 Å². The molecule has 34 heavy (non-hydrogen) atoms. The number of methoxy groups -OCH3 is 1. The van der Waals surface area contributed by atoms with Crippen LogP contribution in [0.4, 0.5) is 5.69 Å². The van der Waals surface area contributed by atoms with E-state index in [4.69, 9.17) is 14.9 Å². The Bertz CT molecular complexity index is 1430. The average molecular weight is 455 g/mol. The zero-order valence-electron chi connectivity index (χ0n) is 19.6. The molecule has 1 heterocycles. The SMILES string of the molecule is COc1c(/C(C)=C/C(=O)Nc2cccc(C(N)=O)c2)cc2c(-c3ccc(C)cc3)coc2c1C. The smallest absolute Gasteiger partial charge is 0.248 e. The van der Waals surface area contributed by atoms with Gasteiger partial charge in [0, 0.05) is 39.4 Å². The Balaban J connectivity index is 1.73. The molecule has 6 nitrogen and oxygen atoms in total. The molecule has 6 heteroatoms. The molecule has 0 spiro atoms. The first-order chi connectivity index (χ1) is 16.3. The maximum Gasteiger partial charge on any atom is 0.248 e. The summed E-state index contributed by atoms with van der Waals surface area (Å²) in [7, 11) is 1.60. The van der Waals surface area contributed by atoms with Crippen molar-refractivity contribution in [1.82, 2.24) is 0 Å². The minimum absolute atomic E-state index is 0.324. The summed E-state index contributed by atoms with van der Waals surface area (Å²) in [5.41, 5.74) is 12.5. The number of aryl methyl sites for hydroxylation is 2. The number of primary amides is 1. The third-order valence-electron chi connectivity index (χ3n) is 5.80. The summed E-state index contributed by atoms with van der Waals surface area (Å²) in [4.78, 5) is 24.1. The lowest BCUT2D eigenvalue weighted by Crippen LogP contribution is -2.13. The number of carbonyl (C=O) groups excluding carboxylic acids is 2. The van der Waals surface area contributed by atoms with Gasteiger partial charge >= 0.3 is 0 Å². The summed E-state index contributed by atoms with van der Waals surface area (Å²) in [6.45, 7) is 5.84. The van der Waals surface area contributed by atoms with Crippen LogP contribution >= 0.6 is 0 Å². The highest BCUT2D eigenvalue weighted by Crippen LogP contribution is 2.40. The van der Waals surface area contributed by atoms with E-state index in [9.17, 15) is 9.59 Å². The van der Waals surface area contributed by atoms with Crippen LogP contribution in [0.25, 0.3) is 27.7 Å². The van der Waals surface area contributed by atoms with E-state index in [0.29, 0.717) is 17.0 Å². The minimum Gasteiger partial charge on any atom is -0.496 e. The molecule has 0 radical (unpaired) electrons. The second-order valence-corrected chi connectivity index (χ2v) is 8.24. The van der Waals surface area contributed by atoms with Crippen LogP contribution in [-0.4, -0.2) is 18.9 Å². The van der Waals surface area contributed by atoms with Crippen molar-refractivity contribution in [2.75, 3.05) is 12.4 Å². The molecular formula is C28H26N2O4. The first-order valence-electron chi connectivity index (χ1n) is 10.8. The molecule has 0 saturated heterocycles. The number of nitrogens with two attached hydrogens (primary N) is 1. The summed E-state index contributed by atoms with van der Waals surface area (Å²) in [6, 6.07) is 16.7. The summed E-state index contributed by atoms with van der Waals surface area (Å²) in [5, 5.41) is 3.73. The van der Waals surface area contributed by atoms with Crippen molar-refractivity contribution in [2.24, 2.45) is 5.73 Å². The Hall–Kier alpha value is -4.32. The first-order valence-corrected chi connectivity index (χ1v) is 10.8. The van der Waals surface area contributed by atoms with Crippen LogP contribution in [0.3, 0.4) is 0 Å². The highest BCUT2D eigenvalue weighted by molar-refractivity contribution is 6.06. The molecule has 1 aromatic heterocycles. The number of carbonyl (C=O) groups is 2. The van der Waals surface area contributed by atoms with Gasteiger partial charge in [-0.25, -0.2) is 0 Å². The third-order valence-corrected chi connectivity index (χ3v) is 5.80. The second-order valence-electron chi connectivity index (χ2n) is 8.24. The Morgan fingerprint density at radius 2 is 1.79 bits per heavy atom. The van der Waals surface area contributed by atoms with E-state index in [-0.39, 0.29) is 5.91 Å². The first kappa shape index (κ1) is 22.9. The van der Waals surface area contributed by atoms with Gasteiger partial charge in [0.05, 0.1) is 13.4 Å². The second kappa shape index (κ2) is 9.27. The number of fused-ring (bicyclic) bond motifs is 1. The molecule has 0 bridgehead atoms. The lowest BCUT2D eigenvalue weighted by atomic mass is 9.96. The van der Waals surface area contributed by atoms with Crippen LogP contribution in [0.2, 0.25) is 0 Å². The maximum atomic E-state index is 12.7. The predicted molar refractivity (Wildman–Crippen MR) is 135 cm³/mol. The van der Waals surface area contributed by atoms with Crippen LogP contribution in [0.15, 0.2) is 71.4 Å². The molecule has 4 rings (SSSR count). The monoisotopic (exact) mass is 454 g/mol. The van der Waals surface area contributed by atoms with Crippen molar-refractivity contribution in [3.63, 3.8) is 0 Å². The molecule has 172 valence electrons. The van der Waals surface area contributed by atoms with Gasteiger partial charge in [-0.05, 0) is 56.2 Å². The van der Waals surface area contributed by atoms with Gasteiger partial charge in [0.1, 0.15) is 11.3 Å². The molecule has 0 aliphatic rings. The van der Waals surface area contributed by atoms with E-state index < -0.39 is 5.91 Å². The van der Waals surface area contributed by atoms with Gasteiger partial charge in [0.25, 0.3) is 0 Å². The number of hydrogen-bond donors (Lipinski definition) is 2. The fourth-order valence-corrected chi connectivity index (χ4v) is 4.03. The predicted octanol–water partition coefficient (Wildman–Crippen LogP) is 5.87. The van der Waals surface area contributed by atoms with Crippen LogP contribution in [0.1, 0.15) is 34.0 Å². The van der Waals surface area contributed by atoms with Crippen LogP contribution in [-0.2, 0) is 4.79 Å². The summed E-state index contributed by atoms with van der Waals surface area (Å²) >= 11 is 0. The van der Waals surface area contributed by atoms with Gasteiger partial charge in [-0.15, -0.1) is 0 Å². The lowest BCUT2D eigenvalue weighted by molar-refractivity contribution is -0.111. The highest BCUT2D eigenvalue weighted by atomic mass is 16.5. The number of ether oxygens (including phenoxy) is 1. The van der Waals surface area contributed by atoms with Gasteiger partial charge < -0.3 is 20.2 Å². The van der Waals surface area contributed by atoms with E-state index >= 15 is 0 Å². The molecule has 0 atom stereocenters. The molecule has 0 unspecified atom stereocenters. The summed E-state index contributed by atoms with van der Waals surface area (Å²) < 4.78 is 11.6. The Morgan fingerprint density at radius 1 is 1.06 bits per heavy atom. The van der Waals surface area contributed by atoms with Crippen LogP contribution in [0.5, 0.6) is 5.75 Å². The fourth-order valence-electron chi connectivity index (χ4n) is 4.03. The van der Waals surface area contributed by atoms with Crippen molar-refractivity contribution < 1.29 is 18.7 Å². The summed E-state index contributed by atoms with van der Waals surface area (Å²) in [5.74, 6) is -0.236. The fraction of sp³-hybridized carbons (Fsp3) is 0.143. The van der Waals surface area contributed by atoms with Gasteiger partial charge in [-0.2, -0.15) is 0 Å². The molecule has 4 aromatic rings. The molecule has 0 fully saturated rings. The van der Waals surface area contributed by atoms with Crippen molar-refractivity contribution in [3.05, 3.63) is 89.2 Å². The molecule has 0 aliphatic carbocycles. The van der Waals surface area contributed by atoms with Crippen LogP contribution in [0, 0.1) is 13.8 Å². The van der Waals surface area contributed by atoms with E-state index in [1.165, 1.54) is 11.6 Å². The van der Waals surface area contributed by atoms with Crippen molar-refractivity contribution in [3.8, 4) is 16.9 Å². The molecule has 0 saturated carbocycles. The lowest BCUT2D eigenvalue weighted by Gasteiger charge is -2.13. The zero-order chi connectivity index (χ0) is 24.4. The molecule has 2 amide bonds. The number of furan rings is 1. The number of hydrogen-bond acceptors (Lipinski definition) is 4. The average Bonchev–Trinajstić information content (AvgIpc) is 3.24. The van der Waals surface area contributed by atoms with E-state index in [1.54, 1.807) is 37.6 Å². The van der Waals surface area contributed by atoms with Crippen LogP contribution < -0.4 is 15.8 Å². The van der Waals surface area contributed by atoms with Crippen molar-refractivity contribution in [2.45, 2.75) is 20.8 Å². The quantitative estimate of drug-likeness (QED) is 0.357. The van der Waals surface area contributed by atoms with E-state index in [0.717, 1.165) is 38.8 Å². The standard InChI is InChI=1S/C28H26N2O4/c1-16-8-10-19(11-9-16)24-15-34-27-18(3)26(33-4)22(14-23(24)27)17(2)12-25(31)30-21-7-5-6-20(13-21)28(29)32/h5-15H,1-4H3,(H2,29,32)(H,30,31)/b17-12+. The highest BCUT2D eigenvalue weighted by Gasteiger charge is 2.19. The molecule has 3 aromatic carbocycles. The molecule has 0 aliphatic heterocycles. The normalized spacial score (nSPS) is 11.5. The Labute approximate surface area is 198 Å². The number of rotatable bonds is 6. The topological polar surface area (TPSA) is 94.6 Å². The molecular weight excluding hydrogens is 428 g/mol. The number of allylic oxidation sites excluding steroid dienone is 1. The zero-order valence-corrected chi connectivity index (χ0v) is 19.6. The number of amides is 2. The number of nitrogens with one attached hydrogen (secondary N) is 1. The van der Waals surface area contributed by atoms with Gasteiger partial charge in [0.2, 0.25) is 11.8 Å². The number of anilines is 1. The van der Waals surface area contributed by atoms with E-state index in [1.807, 2.05) is 26.8 Å². The Morgan fingerprint density at radius 3 is 2.47 bits per heavy atom. The number of benzene rings is 3. The summed E-state index contributed by atoms with van der Waals surface area (Å²) in [6.07, 6.45) is 3.26. The van der Waals surface area contributed by atoms with Gasteiger partial charge in [-0.3, -0.25) is 9.59 Å². The third kappa shape index (κ3) is 4.43. The minimum atomic E-state index is -0.555. The largest absolute Gasteiger partial charge is 0.496 e. The maximum absolute atomic E-state index is 12.7.